The van der Waals surface area contributed by atoms with Crippen molar-refractivity contribution < 1.29 is 14.4 Å². The molecule has 1 heterocycles. The summed E-state index contributed by atoms with van der Waals surface area (Å²) < 4.78 is 5.28. The lowest BCUT2D eigenvalue weighted by Gasteiger charge is -2.19. The topological polar surface area (TPSA) is 79.5 Å². The maximum absolute atomic E-state index is 11.9. The van der Waals surface area contributed by atoms with Crippen LogP contribution in [0.4, 0.5) is 0 Å². The molecule has 1 aromatic heterocycles. The lowest BCUT2D eigenvalue weighted by molar-refractivity contribution is -0.129. The first-order chi connectivity index (χ1) is 9.81. The highest BCUT2D eigenvalue weighted by Crippen LogP contribution is 2.26. The Morgan fingerprint density at radius 1 is 1.29 bits per heavy atom. The largest absolute Gasteiger partial charge is 0.423 e. The van der Waals surface area contributed by atoms with E-state index in [0.717, 1.165) is 10.9 Å². The van der Waals surface area contributed by atoms with Crippen LogP contribution in [0.3, 0.4) is 0 Å². The molecule has 0 unspecified atom stereocenters. The Kier molecular flexibility index (Phi) is 4.14. The van der Waals surface area contributed by atoms with Gasteiger partial charge in [-0.2, -0.15) is 0 Å². The smallest absolute Gasteiger partial charge is 0.339 e. The molecule has 0 atom stereocenters. The molecule has 5 heteroatoms. The lowest BCUT2D eigenvalue weighted by atomic mass is 9.86. The summed E-state index contributed by atoms with van der Waals surface area (Å²) >= 11 is 0. The molecule has 0 aliphatic heterocycles. The van der Waals surface area contributed by atoms with Gasteiger partial charge < -0.3 is 4.42 Å². The molecule has 1 amide bonds. The van der Waals surface area contributed by atoms with E-state index >= 15 is 0 Å². The first kappa shape index (κ1) is 15.3. The molecule has 2 N–H and O–H groups in total. The number of carbonyl (C=O) groups is 1. The summed E-state index contributed by atoms with van der Waals surface area (Å²) in [5.74, 6) is -0.530. The van der Waals surface area contributed by atoms with E-state index in [0.29, 0.717) is 11.1 Å². The molecule has 1 aromatic carbocycles. The monoisotopic (exact) mass is 289 g/mol. The standard InChI is InChI=1S/C16H19NO4/c1-16(2,3)12-5-6-13-11(9-12)8-10(15(19)21-13)4-7-14(18)17-20/h5-6,8-9,20H,4,7H2,1-3H3,(H,17,18). The van der Waals surface area contributed by atoms with Gasteiger partial charge in [-0.05, 0) is 35.6 Å². The van der Waals surface area contributed by atoms with Crippen LogP contribution in [-0.2, 0) is 16.6 Å². The van der Waals surface area contributed by atoms with E-state index in [2.05, 4.69) is 20.8 Å². The number of aryl methyl sites for hydroxylation is 1. The van der Waals surface area contributed by atoms with Crippen LogP contribution in [-0.4, -0.2) is 11.1 Å². The van der Waals surface area contributed by atoms with Gasteiger partial charge >= 0.3 is 5.63 Å². The quantitative estimate of drug-likeness (QED) is 0.517. The van der Waals surface area contributed by atoms with Crippen LogP contribution in [0, 0.1) is 0 Å². The fourth-order valence-electron chi connectivity index (χ4n) is 2.11. The first-order valence-electron chi connectivity index (χ1n) is 6.81. The normalized spacial score (nSPS) is 11.6. The number of carbonyl (C=O) groups excluding carboxylic acids is 1. The Hall–Kier alpha value is -2.14. The van der Waals surface area contributed by atoms with Crippen LogP contribution >= 0.6 is 0 Å². The number of hydroxylamine groups is 1. The third-order valence-electron chi connectivity index (χ3n) is 3.42. The minimum atomic E-state index is -0.530. The summed E-state index contributed by atoms with van der Waals surface area (Å²) in [4.78, 5) is 22.9. The van der Waals surface area contributed by atoms with Gasteiger partial charge in [-0.15, -0.1) is 0 Å². The Bertz CT molecular complexity index is 725. The summed E-state index contributed by atoms with van der Waals surface area (Å²) in [6, 6.07) is 7.49. The van der Waals surface area contributed by atoms with Gasteiger partial charge in [0.2, 0.25) is 5.91 Å². The molecule has 0 saturated carbocycles. The van der Waals surface area contributed by atoms with Crippen LogP contribution in [0.1, 0.15) is 38.3 Å². The number of nitrogens with one attached hydrogen (secondary N) is 1. The molecule has 2 aromatic rings. The molecule has 112 valence electrons. The highest BCUT2D eigenvalue weighted by Gasteiger charge is 2.15. The van der Waals surface area contributed by atoms with Crippen molar-refractivity contribution in [2.24, 2.45) is 0 Å². The summed E-state index contributed by atoms with van der Waals surface area (Å²) in [6.45, 7) is 6.33. The molecule has 5 nitrogen and oxygen atoms in total. The zero-order chi connectivity index (χ0) is 15.6. The average Bonchev–Trinajstić information content (AvgIpc) is 2.43. The number of rotatable bonds is 3. The number of hydrogen-bond donors (Lipinski definition) is 2. The van der Waals surface area contributed by atoms with Gasteiger partial charge in [-0.3, -0.25) is 10.0 Å². The van der Waals surface area contributed by atoms with E-state index in [1.54, 1.807) is 17.6 Å². The molecular weight excluding hydrogens is 270 g/mol. The molecule has 0 spiro atoms. The van der Waals surface area contributed by atoms with Crippen LogP contribution < -0.4 is 11.1 Å². The molecule has 0 aliphatic carbocycles. The first-order valence-corrected chi connectivity index (χ1v) is 6.81. The number of benzene rings is 1. The molecular formula is C16H19NO4. The highest BCUT2D eigenvalue weighted by atomic mass is 16.5. The minimum absolute atomic E-state index is 0.00125. The second kappa shape index (κ2) is 5.69. The lowest BCUT2D eigenvalue weighted by Crippen LogP contribution is -2.20. The predicted octanol–water partition coefficient (Wildman–Crippen LogP) is 2.53. The van der Waals surface area contributed by atoms with Crippen LogP contribution in [0.5, 0.6) is 0 Å². The number of amides is 1. The predicted molar refractivity (Wildman–Crippen MR) is 79.4 cm³/mol. The molecule has 2 rings (SSSR count). The second-order valence-electron chi connectivity index (χ2n) is 6.10. The van der Waals surface area contributed by atoms with E-state index in [9.17, 15) is 9.59 Å². The van der Waals surface area contributed by atoms with Crippen molar-refractivity contribution in [2.75, 3.05) is 0 Å². The Morgan fingerprint density at radius 3 is 2.62 bits per heavy atom. The van der Waals surface area contributed by atoms with Gasteiger partial charge in [0.05, 0.1) is 0 Å². The van der Waals surface area contributed by atoms with Crippen molar-refractivity contribution in [3.05, 3.63) is 45.8 Å². The van der Waals surface area contributed by atoms with E-state index in [1.807, 2.05) is 12.1 Å². The van der Waals surface area contributed by atoms with Crippen LogP contribution in [0.2, 0.25) is 0 Å². The zero-order valence-electron chi connectivity index (χ0n) is 12.4. The average molecular weight is 289 g/mol. The van der Waals surface area contributed by atoms with E-state index in [4.69, 9.17) is 9.62 Å². The highest BCUT2D eigenvalue weighted by molar-refractivity contribution is 5.78. The molecule has 0 saturated heterocycles. The van der Waals surface area contributed by atoms with Crippen molar-refractivity contribution in [3.63, 3.8) is 0 Å². The van der Waals surface area contributed by atoms with Gasteiger partial charge in [0.15, 0.2) is 0 Å². The summed E-state index contributed by atoms with van der Waals surface area (Å²) in [7, 11) is 0. The van der Waals surface area contributed by atoms with E-state index < -0.39 is 11.5 Å². The van der Waals surface area contributed by atoms with Crippen molar-refractivity contribution in [1.82, 2.24) is 5.48 Å². The van der Waals surface area contributed by atoms with Crippen molar-refractivity contribution in [2.45, 2.75) is 39.0 Å². The summed E-state index contributed by atoms with van der Waals surface area (Å²) in [6.07, 6.45) is 0.260. The van der Waals surface area contributed by atoms with Gasteiger partial charge in [0.1, 0.15) is 5.58 Å². The molecule has 0 aliphatic rings. The third kappa shape index (κ3) is 3.49. The summed E-state index contributed by atoms with van der Waals surface area (Å²) in [5.41, 5.74) is 3.20. The summed E-state index contributed by atoms with van der Waals surface area (Å²) in [5, 5.41) is 9.31. The van der Waals surface area contributed by atoms with Crippen molar-refractivity contribution >= 4 is 16.9 Å². The molecule has 0 bridgehead atoms. The SMILES string of the molecule is CC(C)(C)c1ccc2oc(=O)c(CCC(=O)NO)cc2c1. The van der Waals surface area contributed by atoms with Crippen molar-refractivity contribution in [3.8, 4) is 0 Å². The van der Waals surface area contributed by atoms with E-state index in [1.165, 1.54) is 0 Å². The molecule has 0 fully saturated rings. The van der Waals surface area contributed by atoms with Gasteiger partial charge in [0.25, 0.3) is 0 Å². The number of hydrogen-bond acceptors (Lipinski definition) is 4. The Morgan fingerprint density at radius 2 is 2.00 bits per heavy atom. The van der Waals surface area contributed by atoms with Gasteiger partial charge in [-0.1, -0.05) is 26.8 Å². The van der Waals surface area contributed by atoms with E-state index in [-0.39, 0.29) is 18.3 Å². The number of fused-ring (bicyclic) bond motifs is 1. The minimum Gasteiger partial charge on any atom is -0.423 e. The molecule has 0 radical (unpaired) electrons. The van der Waals surface area contributed by atoms with Gasteiger partial charge in [-0.25, -0.2) is 10.3 Å². The maximum Gasteiger partial charge on any atom is 0.339 e. The maximum atomic E-state index is 11.9. The Labute approximate surface area is 122 Å². The third-order valence-corrected chi connectivity index (χ3v) is 3.42. The zero-order valence-corrected chi connectivity index (χ0v) is 12.4. The van der Waals surface area contributed by atoms with Crippen LogP contribution in [0.25, 0.3) is 11.0 Å². The fourth-order valence-corrected chi connectivity index (χ4v) is 2.11. The van der Waals surface area contributed by atoms with Crippen LogP contribution in [0.15, 0.2) is 33.5 Å². The fraction of sp³-hybridized carbons (Fsp3) is 0.375. The van der Waals surface area contributed by atoms with Crippen molar-refractivity contribution in [1.29, 1.82) is 0 Å². The Balaban J connectivity index is 2.41. The van der Waals surface area contributed by atoms with Gasteiger partial charge in [0, 0.05) is 17.4 Å². The second-order valence-corrected chi connectivity index (χ2v) is 6.10. The molecule has 21 heavy (non-hydrogen) atoms.